The second kappa shape index (κ2) is 12.4. The van der Waals surface area contributed by atoms with E-state index in [1.165, 1.54) is 0 Å². The van der Waals surface area contributed by atoms with Crippen molar-refractivity contribution in [2.45, 2.75) is 13.2 Å². The molecule has 1 amide bonds. The van der Waals surface area contributed by atoms with Crippen LogP contribution in [0.3, 0.4) is 0 Å². The van der Waals surface area contributed by atoms with Crippen LogP contribution in [0.25, 0.3) is 45.2 Å². The van der Waals surface area contributed by atoms with Crippen molar-refractivity contribution in [3.8, 4) is 45.6 Å². The molecule has 2 aliphatic heterocycles. The lowest BCUT2D eigenvalue weighted by molar-refractivity contribution is 0.0694. The maximum atomic E-state index is 11.1. The summed E-state index contributed by atoms with van der Waals surface area (Å²) in [5, 5.41) is 4.22. The van der Waals surface area contributed by atoms with Gasteiger partial charge in [0.25, 0.3) is 0 Å². The number of rotatable bonds is 5. The first-order valence-corrected chi connectivity index (χ1v) is 13.0. The molecule has 40 heavy (non-hydrogen) atoms. The summed E-state index contributed by atoms with van der Waals surface area (Å²) in [6.45, 7) is 2.69. The summed E-state index contributed by atoms with van der Waals surface area (Å²) in [7, 11) is 0. The lowest BCUT2D eigenvalue weighted by Crippen LogP contribution is -2.25. The van der Waals surface area contributed by atoms with E-state index in [0.717, 1.165) is 43.5 Å². The van der Waals surface area contributed by atoms with Crippen LogP contribution in [-0.2, 0) is 9.47 Å². The normalized spacial score (nSPS) is 16.0. The Morgan fingerprint density at radius 1 is 0.975 bits per heavy atom. The molecule has 1 atom stereocenters. The van der Waals surface area contributed by atoms with E-state index in [2.05, 4.69) is 48.2 Å². The van der Waals surface area contributed by atoms with E-state index < -0.39 is 12.3 Å². The van der Waals surface area contributed by atoms with Gasteiger partial charge in [0.1, 0.15) is 31.3 Å². The lowest BCUT2D eigenvalue weighted by atomic mass is 9.95. The van der Waals surface area contributed by atoms with Crippen LogP contribution in [0.15, 0.2) is 72.8 Å². The van der Waals surface area contributed by atoms with Gasteiger partial charge in [0.2, 0.25) is 0 Å². The zero-order chi connectivity index (χ0) is 27.9. The predicted molar refractivity (Wildman–Crippen MR) is 157 cm³/mol. The second-order valence-electron chi connectivity index (χ2n) is 9.13. The smallest absolute Gasteiger partial charge is 0.404 e. The average molecular weight is 535 g/mol. The predicted octanol–water partition coefficient (Wildman–Crippen LogP) is 3.93. The number of primary amides is 1. The molecule has 4 aromatic rings. The van der Waals surface area contributed by atoms with Gasteiger partial charge in [-0.2, -0.15) is 0 Å². The van der Waals surface area contributed by atoms with Crippen molar-refractivity contribution in [2.24, 2.45) is 11.5 Å². The molecule has 0 fully saturated rings. The molecule has 6 rings (SSSR count). The topological polar surface area (TPSA) is 106 Å². The number of amides is 1. The minimum Gasteiger partial charge on any atom is -0.491 e. The summed E-state index contributed by atoms with van der Waals surface area (Å²) in [6, 6.07) is 24.5. The van der Waals surface area contributed by atoms with Crippen molar-refractivity contribution in [3.63, 3.8) is 0 Å². The molecule has 4 N–H and O–H groups in total. The highest BCUT2D eigenvalue weighted by Gasteiger charge is 2.17. The maximum Gasteiger partial charge on any atom is 0.404 e. The highest BCUT2D eigenvalue weighted by molar-refractivity contribution is 5.90. The Labute approximate surface area is 232 Å². The van der Waals surface area contributed by atoms with E-state index in [1.54, 1.807) is 0 Å². The highest BCUT2D eigenvalue weighted by Crippen LogP contribution is 2.41. The van der Waals surface area contributed by atoms with Crippen LogP contribution < -0.4 is 31.4 Å². The summed E-state index contributed by atoms with van der Waals surface area (Å²) >= 11 is 0. The lowest BCUT2D eigenvalue weighted by Gasteiger charge is -2.19. The molecule has 2 aliphatic rings. The summed E-state index contributed by atoms with van der Waals surface area (Å²) in [4.78, 5) is 11.1. The molecule has 0 radical (unpaired) electrons. The van der Waals surface area contributed by atoms with E-state index in [4.69, 9.17) is 30.4 Å². The molecule has 2 bridgehead atoms. The zero-order valence-corrected chi connectivity index (χ0v) is 22.2. The first-order chi connectivity index (χ1) is 19.5. The van der Waals surface area contributed by atoms with Crippen LogP contribution >= 0.6 is 0 Å². The molecular weight excluding hydrogens is 504 g/mol. The van der Waals surface area contributed by atoms with Crippen LogP contribution in [0.2, 0.25) is 0 Å². The average Bonchev–Trinajstić information content (AvgIpc) is 2.97. The van der Waals surface area contributed by atoms with Gasteiger partial charge in [0, 0.05) is 11.1 Å². The monoisotopic (exact) mass is 534 g/mol. The van der Waals surface area contributed by atoms with Crippen LogP contribution in [-0.4, -0.2) is 38.7 Å². The molecule has 7 nitrogen and oxygen atoms in total. The van der Waals surface area contributed by atoms with Gasteiger partial charge in [0.05, 0.1) is 6.61 Å². The summed E-state index contributed by atoms with van der Waals surface area (Å²) in [5.41, 5.74) is 14.7. The van der Waals surface area contributed by atoms with Gasteiger partial charge in [-0.15, -0.1) is 0 Å². The highest BCUT2D eigenvalue weighted by atomic mass is 16.6. The number of benzene rings is 4. The third kappa shape index (κ3) is 6.26. The number of fused-ring (bicyclic) bond motifs is 9. The first kappa shape index (κ1) is 26.8. The molecule has 0 aliphatic carbocycles. The van der Waals surface area contributed by atoms with Crippen LogP contribution in [0, 0.1) is 11.8 Å². The zero-order valence-electron chi connectivity index (χ0n) is 22.2. The van der Waals surface area contributed by atoms with E-state index in [1.807, 2.05) is 55.5 Å². The fourth-order valence-electron chi connectivity index (χ4n) is 4.59. The molecule has 0 spiro atoms. The van der Waals surface area contributed by atoms with Gasteiger partial charge in [-0.05, 0) is 69.6 Å². The third-order valence-electron chi connectivity index (χ3n) is 6.53. The van der Waals surface area contributed by atoms with Crippen molar-refractivity contribution in [3.05, 3.63) is 83.2 Å². The van der Waals surface area contributed by atoms with Gasteiger partial charge in [0.15, 0.2) is 6.23 Å². The fourth-order valence-corrected chi connectivity index (χ4v) is 4.59. The Kier molecular flexibility index (Phi) is 8.31. The molecule has 202 valence electrons. The Hall–Kier alpha value is -4.77. The number of carbonyl (C=O) groups is 1. The molecule has 7 heteroatoms. The molecule has 2 heterocycles. The summed E-state index contributed by atoms with van der Waals surface area (Å²) in [5.74, 6) is 7.18. The molecule has 0 saturated carbocycles. The molecule has 0 saturated heterocycles. The molecule has 0 aromatic heterocycles. The largest absolute Gasteiger partial charge is 0.491 e. The van der Waals surface area contributed by atoms with Gasteiger partial charge in [-0.25, -0.2) is 4.79 Å². The number of hydrogen-bond acceptors (Lipinski definition) is 6. The standard InChI is InChI=1S/C33H30N2O5/c1-2-22-18-26-12-10-23(22)8-5-9-32(34)39-16-14-37-30-21-29(27-13-11-24-6-3-4-7-25(24)19-27)31(20-28(26)30)38-15-17-40-33(35)36/h2-4,6-8,10-13,18-21,32H,14-17,34H2,1H3,(H2,35,36)/b22-2-,23-8-. The van der Waals surface area contributed by atoms with Gasteiger partial charge >= 0.3 is 6.09 Å². The number of hydrogen-bond donors (Lipinski definition) is 2. The van der Waals surface area contributed by atoms with Crippen LogP contribution in [0.4, 0.5) is 4.79 Å². The third-order valence-corrected chi connectivity index (χ3v) is 6.53. The quantitative estimate of drug-likeness (QED) is 0.297. The Morgan fingerprint density at radius 2 is 1.77 bits per heavy atom. The van der Waals surface area contributed by atoms with Gasteiger partial charge < -0.3 is 24.7 Å². The van der Waals surface area contributed by atoms with E-state index in [-0.39, 0.29) is 26.4 Å². The molecule has 1 unspecified atom stereocenters. The number of carbonyl (C=O) groups excluding carboxylic acids is 1. The minimum absolute atomic E-state index is 0.0260. The molecular formula is C33H30N2O5. The van der Waals surface area contributed by atoms with E-state index >= 15 is 0 Å². The van der Waals surface area contributed by atoms with Crippen molar-refractivity contribution < 1.29 is 23.7 Å². The Balaban J connectivity index is 1.67. The van der Waals surface area contributed by atoms with E-state index in [9.17, 15) is 4.79 Å². The first-order valence-electron chi connectivity index (χ1n) is 13.0. The van der Waals surface area contributed by atoms with Crippen molar-refractivity contribution >= 4 is 29.0 Å². The molecule has 4 aromatic carbocycles. The second-order valence-corrected chi connectivity index (χ2v) is 9.13. The Morgan fingerprint density at radius 3 is 2.60 bits per heavy atom. The van der Waals surface area contributed by atoms with Crippen molar-refractivity contribution in [2.75, 3.05) is 26.4 Å². The minimum atomic E-state index is -0.845. The van der Waals surface area contributed by atoms with Crippen molar-refractivity contribution in [1.82, 2.24) is 0 Å². The van der Waals surface area contributed by atoms with Gasteiger partial charge in [-0.3, -0.25) is 5.73 Å². The van der Waals surface area contributed by atoms with Crippen molar-refractivity contribution in [1.29, 1.82) is 0 Å². The van der Waals surface area contributed by atoms with Crippen LogP contribution in [0.5, 0.6) is 11.5 Å². The van der Waals surface area contributed by atoms with Gasteiger partial charge in [-0.1, -0.05) is 66.4 Å². The Bertz CT molecular complexity index is 1740. The fraction of sp³-hybridized carbons (Fsp3) is 0.182. The summed E-state index contributed by atoms with van der Waals surface area (Å²) in [6.07, 6.45) is 2.30. The summed E-state index contributed by atoms with van der Waals surface area (Å²) < 4.78 is 23.0. The number of ether oxygens (including phenoxy) is 4. The van der Waals surface area contributed by atoms with Crippen LogP contribution in [0.1, 0.15) is 6.92 Å². The SMILES string of the molecule is C/C=c1/cc2cc/c1=C/C#CC(N)OCCOc1cc(-c3ccc4ccccc4c3)c(OCCOC(N)=O)cc1-2. The maximum absolute atomic E-state index is 11.1. The number of nitrogens with two attached hydrogens (primary N) is 2. The van der Waals surface area contributed by atoms with E-state index in [0.29, 0.717) is 11.5 Å².